The Labute approximate surface area is 145 Å². The van der Waals surface area contributed by atoms with E-state index in [0.29, 0.717) is 11.8 Å². The maximum absolute atomic E-state index is 12.8. The molecular formula is C20H31N2O2+. The molecule has 0 radical (unpaired) electrons. The molecule has 2 aliphatic heterocycles. The molecule has 2 aliphatic rings. The number of likely N-dealkylation sites (tertiary alicyclic amines) is 2. The average molecular weight is 331 g/mol. The van der Waals surface area contributed by atoms with Crippen molar-refractivity contribution in [1.82, 2.24) is 4.90 Å². The predicted molar refractivity (Wildman–Crippen MR) is 95.1 cm³/mol. The van der Waals surface area contributed by atoms with Gasteiger partial charge in [-0.25, -0.2) is 0 Å². The Morgan fingerprint density at radius 3 is 2.71 bits per heavy atom. The standard InChI is InChI=1S/C20H30N2O2/c1-16-6-5-11-22(14-16)20(23)17-9-12-21(13-10-17)15-18-7-3-4-8-19(18)24-2/h3-4,7-8,16-17H,5-6,9-15H2,1-2H3/p+1/t16-/m1/s1. The number of amides is 1. The number of methoxy groups -OCH3 is 1. The number of piperidine rings is 2. The maximum Gasteiger partial charge on any atom is 0.226 e. The van der Waals surface area contributed by atoms with E-state index in [9.17, 15) is 4.79 Å². The largest absolute Gasteiger partial charge is 0.496 e. The zero-order valence-corrected chi connectivity index (χ0v) is 15.1. The van der Waals surface area contributed by atoms with Crippen molar-refractivity contribution in [3.63, 3.8) is 0 Å². The summed E-state index contributed by atoms with van der Waals surface area (Å²) in [5.41, 5.74) is 1.27. The number of quaternary nitrogens is 1. The van der Waals surface area contributed by atoms with E-state index in [1.807, 2.05) is 12.1 Å². The van der Waals surface area contributed by atoms with E-state index in [-0.39, 0.29) is 5.92 Å². The molecule has 3 rings (SSSR count). The Morgan fingerprint density at radius 2 is 2.00 bits per heavy atom. The van der Waals surface area contributed by atoms with Crippen molar-refractivity contribution in [3.8, 4) is 5.75 Å². The lowest BCUT2D eigenvalue weighted by molar-refractivity contribution is -0.919. The average Bonchev–Trinajstić information content (AvgIpc) is 2.62. The molecule has 2 heterocycles. The van der Waals surface area contributed by atoms with Gasteiger partial charge in [-0.3, -0.25) is 4.79 Å². The van der Waals surface area contributed by atoms with Gasteiger partial charge in [0.2, 0.25) is 5.91 Å². The molecule has 0 aromatic heterocycles. The minimum absolute atomic E-state index is 0.247. The molecule has 132 valence electrons. The van der Waals surface area contributed by atoms with Crippen molar-refractivity contribution in [3.05, 3.63) is 29.8 Å². The Balaban J connectivity index is 1.51. The van der Waals surface area contributed by atoms with Gasteiger partial charge in [0.05, 0.1) is 20.2 Å². The van der Waals surface area contributed by atoms with E-state index in [2.05, 4.69) is 24.0 Å². The number of nitrogens with one attached hydrogen (secondary N) is 1. The zero-order chi connectivity index (χ0) is 16.9. The Hall–Kier alpha value is -1.55. The molecule has 0 spiro atoms. The first-order chi connectivity index (χ1) is 11.7. The fraction of sp³-hybridized carbons (Fsp3) is 0.650. The maximum atomic E-state index is 12.8. The number of para-hydroxylation sites is 1. The quantitative estimate of drug-likeness (QED) is 0.912. The number of carbonyl (C=O) groups is 1. The second-order valence-corrected chi connectivity index (χ2v) is 7.54. The van der Waals surface area contributed by atoms with E-state index in [1.54, 1.807) is 12.0 Å². The van der Waals surface area contributed by atoms with Gasteiger partial charge in [-0.2, -0.15) is 0 Å². The SMILES string of the molecule is COc1ccccc1C[NH+]1CCC(C(=O)N2CCC[C@@H](C)C2)CC1. The van der Waals surface area contributed by atoms with Crippen molar-refractivity contribution >= 4 is 5.91 Å². The normalized spacial score (nSPS) is 27.8. The Bertz CT molecular complexity index is 552. The third-order valence-electron chi connectivity index (χ3n) is 5.64. The third kappa shape index (κ3) is 4.10. The van der Waals surface area contributed by atoms with Crippen molar-refractivity contribution in [2.45, 2.75) is 39.2 Å². The second kappa shape index (κ2) is 8.02. The van der Waals surface area contributed by atoms with Gasteiger partial charge in [-0.15, -0.1) is 0 Å². The van der Waals surface area contributed by atoms with Crippen LogP contribution in [-0.2, 0) is 11.3 Å². The zero-order valence-electron chi connectivity index (χ0n) is 15.1. The van der Waals surface area contributed by atoms with Crippen molar-refractivity contribution in [2.75, 3.05) is 33.3 Å². The van der Waals surface area contributed by atoms with Gasteiger partial charge >= 0.3 is 0 Å². The van der Waals surface area contributed by atoms with Gasteiger partial charge in [-0.05, 0) is 30.9 Å². The molecule has 0 aliphatic carbocycles. The van der Waals surface area contributed by atoms with Crippen LogP contribution in [0.25, 0.3) is 0 Å². The van der Waals surface area contributed by atoms with E-state index >= 15 is 0 Å². The molecule has 1 aromatic rings. The van der Waals surface area contributed by atoms with Crippen molar-refractivity contribution in [2.24, 2.45) is 11.8 Å². The minimum Gasteiger partial charge on any atom is -0.496 e. The molecule has 0 bridgehead atoms. The topological polar surface area (TPSA) is 34.0 Å². The highest BCUT2D eigenvalue weighted by molar-refractivity contribution is 5.79. The summed E-state index contributed by atoms with van der Waals surface area (Å²) in [6.45, 7) is 7.35. The first kappa shape index (κ1) is 17.3. The van der Waals surface area contributed by atoms with Crippen LogP contribution in [0.4, 0.5) is 0 Å². The number of carbonyl (C=O) groups excluding carboxylic acids is 1. The molecule has 4 nitrogen and oxygen atoms in total. The summed E-state index contributed by atoms with van der Waals surface area (Å²) in [7, 11) is 1.73. The summed E-state index contributed by atoms with van der Waals surface area (Å²) in [5, 5.41) is 0. The number of hydrogen-bond donors (Lipinski definition) is 1. The molecule has 2 fully saturated rings. The van der Waals surface area contributed by atoms with Crippen LogP contribution in [0.1, 0.15) is 38.2 Å². The van der Waals surface area contributed by atoms with E-state index in [1.165, 1.54) is 18.4 Å². The summed E-state index contributed by atoms with van der Waals surface area (Å²) in [5.74, 6) is 2.30. The molecule has 1 N–H and O–H groups in total. The third-order valence-corrected chi connectivity index (χ3v) is 5.64. The smallest absolute Gasteiger partial charge is 0.226 e. The predicted octanol–water partition coefficient (Wildman–Crippen LogP) is 1.75. The summed E-state index contributed by atoms with van der Waals surface area (Å²) in [4.78, 5) is 16.5. The summed E-state index contributed by atoms with van der Waals surface area (Å²) in [6, 6.07) is 8.27. The number of rotatable bonds is 4. The van der Waals surface area contributed by atoms with Gasteiger partial charge in [0.25, 0.3) is 0 Å². The van der Waals surface area contributed by atoms with Crippen LogP contribution in [0, 0.1) is 11.8 Å². The lowest BCUT2D eigenvalue weighted by Gasteiger charge is -2.36. The van der Waals surface area contributed by atoms with Crippen LogP contribution in [0.3, 0.4) is 0 Å². The molecule has 0 unspecified atom stereocenters. The molecule has 2 saturated heterocycles. The monoisotopic (exact) mass is 331 g/mol. The van der Waals surface area contributed by atoms with E-state index < -0.39 is 0 Å². The van der Waals surface area contributed by atoms with E-state index in [0.717, 1.165) is 51.3 Å². The van der Waals surface area contributed by atoms with Crippen LogP contribution < -0.4 is 9.64 Å². The lowest BCUT2D eigenvalue weighted by Crippen LogP contribution is -3.11. The van der Waals surface area contributed by atoms with Gasteiger partial charge in [0.15, 0.2) is 0 Å². The highest BCUT2D eigenvalue weighted by Gasteiger charge is 2.32. The van der Waals surface area contributed by atoms with Gasteiger partial charge in [-0.1, -0.05) is 19.1 Å². The molecular weight excluding hydrogens is 300 g/mol. The highest BCUT2D eigenvalue weighted by atomic mass is 16.5. The summed E-state index contributed by atoms with van der Waals surface area (Å²) in [6.07, 6.45) is 4.48. The number of ether oxygens (including phenoxy) is 1. The minimum atomic E-state index is 0.247. The first-order valence-corrected chi connectivity index (χ1v) is 9.41. The second-order valence-electron chi connectivity index (χ2n) is 7.54. The molecule has 1 atom stereocenters. The van der Waals surface area contributed by atoms with Crippen molar-refractivity contribution < 1.29 is 14.4 Å². The van der Waals surface area contributed by atoms with Gasteiger partial charge in [0.1, 0.15) is 12.3 Å². The van der Waals surface area contributed by atoms with Crippen LogP contribution in [0.2, 0.25) is 0 Å². The van der Waals surface area contributed by atoms with Gasteiger partial charge in [0, 0.05) is 37.4 Å². The number of hydrogen-bond acceptors (Lipinski definition) is 2. The fourth-order valence-electron chi connectivity index (χ4n) is 4.22. The van der Waals surface area contributed by atoms with Crippen LogP contribution in [0.5, 0.6) is 5.75 Å². The van der Waals surface area contributed by atoms with E-state index in [4.69, 9.17) is 4.74 Å². The number of benzene rings is 1. The van der Waals surface area contributed by atoms with Crippen LogP contribution in [0.15, 0.2) is 24.3 Å². The molecule has 24 heavy (non-hydrogen) atoms. The molecule has 0 saturated carbocycles. The van der Waals surface area contributed by atoms with Crippen LogP contribution >= 0.6 is 0 Å². The van der Waals surface area contributed by atoms with Gasteiger partial charge < -0.3 is 14.5 Å². The lowest BCUT2D eigenvalue weighted by atomic mass is 9.92. The highest BCUT2D eigenvalue weighted by Crippen LogP contribution is 2.21. The first-order valence-electron chi connectivity index (χ1n) is 9.41. The fourth-order valence-corrected chi connectivity index (χ4v) is 4.22. The Kier molecular flexibility index (Phi) is 5.77. The van der Waals surface area contributed by atoms with Crippen LogP contribution in [-0.4, -0.2) is 44.1 Å². The van der Waals surface area contributed by atoms with Crippen molar-refractivity contribution in [1.29, 1.82) is 0 Å². The molecule has 1 amide bonds. The summed E-state index contributed by atoms with van der Waals surface area (Å²) < 4.78 is 5.46. The molecule has 1 aromatic carbocycles. The summed E-state index contributed by atoms with van der Waals surface area (Å²) >= 11 is 0. The Morgan fingerprint density at radius 1 is 1.25 bits per heavy atom. The number of nitrogens with zero attached hydrogens (tertiary/aromatic N) is 1. The molecule has 4 heteroatoms.